The lowest BCUT2D eigenvalue weighted by molar-refractivity contribution is 0.398. The lowest BCUT2D eigenvalue weighted by Gasteiger charge is -2.23. The van der Waals surface area contributed by atoms with Crippen molar-refractivity contribution in [3.8, 4) is 0 Å². The van der Waals surface area contributed by atoms with Gasteiger partial charge in [0.05, 0.1) is 0 Å². The first kappa shape index (κ1) is 16.4. The zero-order valence-corrected chi connectivity index (χ0v) is 12.6. The van der Waals surface area contributed by atoms with Crippen molar-refractivity contribution in [1.82, 2.24) is 15.0 Å². The lowest BCUT2D eigenvalue weighted by Crippen LogP contribution is -2.43. The number of halogens is 1. The number of nitrogens with one attached hydrogen (secondary N) is 2. The minimum absolute atomic E-state index is 0. The third-order valence-corrected chi connectivity index (χ3v) is 4.42. The third-order valence-electron chi connectivity index (χ3n) is 3.10. The van der Waals surface area contributed by atoms with Crippen molar-refractivity contribution in [2.45, 2.75) is 37.3 Å². The molecule has 108 valence electrons. The first-order valence-corrected chi connectivity index (χ1v) is 7.72. The number of hydrogen-bond acceptors (Lipinski definition) is 4. The Balaban J connectivity index is 0.00000180. The fraction of sp³-hybridized carbons (Fsp3) is 0.583. The molecule has 2 heterocycles. The van der Waals surface area contributed by atoms with Gasteiger partial charge in [-0.1, -0.05) is 6.42 Å². The van der Waals surface area contributed by atoms with E-state index in [1.807, 2.05) is 6.92 Å². The van der Waals surface area contributed by atoms with E-state index in [-0.39, 0.29) is 23.5 Å². The number of sulfonamides is 1. The van der Waals surface area contributed by atoms with Gasteiger partial charge in [-0.05, 0) is 44.0 Å². The summed E-state index contributed by atoms with van der Waals surface area (Å²) in [7, 11) is -3.48. The van der Waals surface area contributed by atoms with E-state index in [1.165, 1.54) is 12.6 Å². The normalized spacial score (nSPS) is 19.7. The van der Waals surface area contributed by atoms with Gasteiger partial charge in [0.25, 0.3) is 10.0 Å². The van der Waals surface area contributed by atoms with E-state index >= 15 is 0 Å². The van der Waals surface area contributed by atoms with Crippen LogP contribution in [-0.2, 0) is 10.0 Å². The summed E-state index contributed by atoms with van der Waals surface area (Å²) in [6.45, 7) is 3.25. The van der Waals surface area contributed by atoms with Crippen molar-refractivity contribution >= 4 is 22.4 Å². The fourth-order valence-corrected chi connectivity index (χ4v) is 3.15. The molecule has 5 nitrogen and oxygen atoms in total. The maximum atomic E-state index is 12.0. The molecule has 1 saturated heterocycles. The topological polar surface area (TPSA) is 71.1 Å². The van der Waals surface area contributed by atoms with Gasteiger partial charge in [-0.25, -0.2) is 18.1 Å². The van der Waals surface area contributed by atoms with Crippen LogP contribution in [0.15, 0.2) is 23.4 Å². The molecular weight excluding hydrogens is 286 g/mol. The molecular formula is C12H20ClN3O2S. The van der Waals surface area contributed by atoms with Crippen LogP contribution in [0.1, 0.15) is 24.8 Å². The zero-order valence-electron chi connectivity index (χ0n) is 10.9. The van der Waals surface area contributed by atoms with E-state index in [1.54, 1.807) is 12.1 Å². The molecule has 1 aliphatic heterocycles. The summed E-state index contributed by atoms with van der Waals surface area (Å²) in [5, 5.41) is 3.40. The highest BCUT2D eigenvalue weighted by atomic mass is 35.5. The maximum Gasteiger partial charge on any atom is 0.258 e. The first-order chi connectivity index (χ1) is 8.58. The van der Waals surface area contributed by atoms with Crippen molar-refractivity contribution in [2.24, 2.45) is 0 Å². The molecule has 2 N–H and O–H groups in total. The smallest absolute Gasteiger partial charge is 0.258 e. The largest absolute Gasteiger partial charge is 0.313 e. The second-order valence-electron chi connectivity index (χ2n) is 4.67. The Hall–Kier alpha value is -0.690. The van der Waals surface area contributed by atoms with Gasteiger partial charge < -0.3 is 5.32 Å². The van der Waals surface area contributed by atoms with Crippen LogP contribution in [0.5, 0.6) is 0 Å². The van der Waals surface area contributed by atoms with Gasteiger partial charge in [0.15, 0.2) is 5.03 Å². The van der Waals surface area contributed by atoms with E-state index in [0.717, 1.165) is 24.9 Å². The molecule has 0 amide bonds. The highest BCUT2D eigenvalue weighted by Crippen LogP contribution is 2.09. The van der Waals surface area contributed by atoms with Crippen LogP contribution in [0.25, 0.3) is 0 Å². The van der Waals surface area contributed by atoms with Gasteiger partial charge in [-0.15, -0.1) is 12.4 Å². The summed E-state index contributed by atoms with van der Waals surface area (Å²) in [5.74, 6) is 0. The molecule has 1 unspecified atom stereocenters. The lowest BCUT2D eigenvalue weighted by atomic mass is 10.1. The summed E-state index contributed by atoms with van der Waals surface area (Å²) in [6, 6.07) is 3.59. The highest BCUT2D eigenvalue weighted by molar-refractivity contribution is 7.89. The average Bonchev–Trinajstić information content (AvgIpc) is 2.38. The number of pyridine rings is 1. The van der Waals surface area contributed by atoms with Gasteiger partial charge in [-0.3, -0.25) is 0 Å². The Bertz CT molecular complexity index is 501. The molecule has 0 bridgehead atoms. The molecule has 1 aromatic rings. The molecule has 2 rings (SSSR count). The molecule has 0 aliphatic carbocycles. The number of nitrogens with zero attached hydrogens (tertiary/aromatic N) is 1. The minimum atomic E-state index is -3.48. The third kappa shape index (κ3) is 4.72. The average molecular weight is 306 g/mol. The van der Waals surface area contributed by atoms with Gasteiger partial charge in [0.1, 0.15) is 0 Å². The van der Waals surface area contributed by atoms with Crippen LogP contribution in [0, 0.1) is 6.92 Å². The van der Waals surface area contributed by atoms with E-state index < -0.39 is 10.0 Å². The second-order valence-corrected chi connectivity index (χ2v) is 6.38. The Morgan fingerprint density at radius 2 is 2.26 bits per heavy atom. The Morgan fingerprint density at radius 3 is 2.89 bits per heavy atom. The number of hydrogen-bond donors (Lipinski definition) is 2. The van der Waals surface area contributed by atoms with Crippen LogP contribution in [-0.4, -0.2) is 32.5 Å². The maximum absolute atomic E-state index is 12.0. The van der Waals surface area contributed by atoms with E-state index in [0.29, 0.717) is 6.54 Å². The van der Waals surface area contributed by atoms with E-state index in [4.69, 9.17) is 0 Å². The van der Waals surface area contributed by atoms with Gasteiger partial charge in [-0.2, -0.15) is 0 Å². The first-order valence-electron chi connectivity index (χ1n) is 6.24. The van der Waals surface area contributed by atoms with Crippen LogP contribution in [0.2, 0.25) is 0 Å². The molecule has 1 aromatic heterocycles. The van der Waals surface area contributed by atoms with Crippen molar-refractivity contribution < 1.29 is 8.42 Å². The highest BCUT2D eigenvalue weighted by Gasteiger charge is 2.19. The molecule has 19 heavy (non-hydrogen) atoms. The van der Waals surface area contributed by atoms with Crippen molar-refractivity contribution in [3.05, 3.63) is 23.9 Å². The van der Waals surface area contributed by atoms with Crippen molar-refractivity contribution in [3.63, 3.8) is 0 Å². The molecule has 0 spiro atoms. The fourth-order valence-electron chi connectivity index (χ4n) is 2.04. The van der Waals surface area contributed by atoms with Gasteiger partial charge in [0, 0.05) is 18.8 Å². The van der Waals surface area contributed by atoms with Gasteiger partial charge >= 0.3 is 0 Å². The van der Waals surface area contributed by atoms with E-state index in [9.17, 15) is 8.42 Å². The number of rotatable bonds is 4. The molecule has 0 saturated carbocycles. The van der Waals surface area contributed by atoms with Crippen LogP contribution >= 0.6 is 12.4 Å². The molecule has 7 heteroatoms. The minimum Gasteiger partial charge on any atom is -0.313 e. The van der Waals surface area contributed by atoms with Crippen molar-refractivity contribution in [2.75, 3.05) is 13.1 Å². The second kappa shape index (κ2) is 7.19. The number of aryl methyl sites for hydroxylation is 1. The number of piperidine rings is 1. The standard InChI is InChI=1S/C12H19N3O2S.ClH/c1-10-5-7-14-12(8-10)18(16,17)15-9-11-4-2-3-6-13-11;/h5,7-8,11,13,15H,2-4,6,9H2,1H3;1H. The zero-order chi connectivity index (χ0) is 13.0. The Labute approximate surface area is 120 Å². The van der Waals surface area contributed by atoms with Gasteiger partial charge in [0.2, 0.25) is 0 Å². The summed E-state index contributed by atoms with van der Waals surface area (Å²) < 4.78 is 26.7. The van der Waals surface area contributed by atoms with Crippen LogP contribution in [0.4, 0.5) is 0 Å². The summed E-state index contributed by atoms with van der Waals surface area (Å²) >= 11 is 0. The molecule has 1 aliphatic rings. The predicted octanol–water partition coefficient (Wildman–Crippen LogP) is 1.23. The quantitative estimate of drug-likeness (QED) is 0.878. The van der Waals surface area contributed by atoms with E-state index in [2.05, 4.69) is 15.0 Å². The SMILES string of the molecule is Cc1ccnc(S(=O)(=O)NCC2CCCCN2)c1.Cl. The van der Waals surface area contributed by atoms with Crippen LogP contribution < -0.4 is 10.0 Å². The number of aromatic nitrogens is 1. The monoisotopic (exact) mass is 305 g/mol. The molecule has 1 fully saturated rings. The molecule has 0 aromatic carbocycles. The molecule has 0 radical (unpaired) electrons. The summed E-state index contributed by atoms with van der Waals surface area (Å²) in [6.07, 6.45) is 4.86. The van der Waals surface area contributed by atoms with Crippen LogP contribution in [0.3, 0.4) is 0 Å². The van der Waals surface area contributed by atoms with Crippen molar-refractivity contribution in [1.29, 1.82) is 0 Å². The Morgan fingerprint density at radius 1 is 1.47 bits per heavy atom. The molecule has 1 atom stereocenters. The Kier molecular flexibility index (Phi) is 6.19. The summed E-state index contributed by atoms with van der Waals surface area (Å²) in [5.41, 5.74) is 0.890. The predicted molar refractivity (Wildman–Crippen MR) is 77.1 cm³/mol. The summed E-state index contributed by atoms with van der Waals surface area (Å²) in [4.78, 5) is 3.90.